The van der Waals surface area contributed by atoms with Crippen LogP contribution in [0.2, 0.25) is 0 Å². The summed E-state index contributed by atoms with van der Waals surface area (Å²) < 4.78 is 0.123. The van der Waals surface area contributed by atoms with Crippen LogP contribution < -0.4 is 10.6 Å². The molecule has 1 unspecified atom stereocenters. The zero-order valence-electron chi connectivity index (χ0n) is 5.35. The lowest BCUT2D eigenvalue weighted by Crippen LogP contribution is -2.23. The Morgan fingerprint density at radius 2 is 2.50 bits per heavy atom. The van der Waals surface area contributed by atoms with Crippen LogP contribution in [0.1, 0.15) is 0 Å². The van der Waals surface area contributed by atoms with E-state index < -0.39 is 0 Å². The van der Waals surface area contributed by atoms with Crippen LogP contribution in [0.25, 0.3) is 0 Å². The van der Waals surface area contributed by atoms with Gasteiger partial charge in [-0.15, -0.1) is 0 Å². The van der Waals surface area contributed by atoms with Gasteiger partial charge in [-0.25, -0.2) is 0 Å². The number of carbonyl (C=O) groups excluding carboxylic acids is 1. The summed E-state index contributed by atoms with van der Waals surface area (Å²) in [5.74, 6) is 0. The molecule has 10 heavy (non-hydrogen) atoms. The average molecular weight is 273 g/mol. The summed E-state index contributed by atoms with van der Waals surface area (Å²) in [6.07, 6.45) is 0.494. The van der Waals surface area contributed by atoms with Crippen molar-refractivity contribution >= 4 is 45.9 Å². The Morgan fingerprint density at radius 1 is 1.90 bits per heavy atom. The molecule has 0 aromatic heterocycles. The average Bonchev–Trinajstić information content (AvgIpc) is 1.88. The first-order chi connectivity index (χ1) is 4.70. The second-order valence-electron chi connectivity index (χ2n) is 1.31. The number of hydrogen-bond acceptors (Lipinski definition) is 4. The number of hydrogen-bond donors (Lipinski definition) is 3. The van der Waals surface area contributed by atoms with Gasteiger partial charge in [0.25, 0.3) is 0 Å². The van der Waals surface area contributed by atoms with Gasteiger partial charge < -0.3 is 5.32 Å². The highest BCUT2D eigenvalue weighted by Gasteiger charge is 2.03. The summed E-state index contributed by atoms with van der Waals surface area (Å²) in [5, 5.41) is 12.4. The molecule has 0 rings (SSSR count). The molecule has 0 saturated carbocycles. The van der Waals surface area contributed by atoms with Crippen molar-refractivity contribution in [2.24, 2.45) is 0 Å². The van der Waals surface area contributed by atoms with Crippen molar-refractivity contribution in [3.63, 3.8) is 0 Å². The van der Waals surface area contributed by atoms with Crippen molar-refractivity contribution in [2.45, 2.75) is 3.38 Å². The fourth-order valence-electron chi connectivity index (χ4n) is 0.250. The molecule has 0 aliphatic heterocycles. The van der Waals surface area contributed by atoms with E-state index in [2.05, 4.69) is 33.2 Å². The van der Waals surface area contributed by atoms with E-state index in [9.17, 15) is 4.79 Å². The van der Waals surface area contributed by atoms with Gasteiger partial charge >= 0.3 is 0 Å². The molecule has 0 aliphatic rings. The number of thioether (sulfide) groups is 1. The maximum atomic E-state index is 9.80. The number of nitrogens with one attached hydrogen (secondary N) is 3. The van der Waals surface area contributed by atoms with Crippen molar-refractivity contribution < 1.29 is 4.79 Å². The summed E-state index contributed by atoms with van der Waals surface area (Å²) in [7, 11) is 1.79. The molecule has 0 fully saturated rings. The van der Waals surface area contributed by atoms with Gasteiger partial charge in [0.05, 0.1) is 0 Å². The maximum Gasteiger partial charge on any atom is 0.213 e. The van der Waals surface area contributed by atoms with Gasteiger partial charge in [0.15, 0.2) is 5.17 Å². The normalized spacial score (nSPS) is 12.2. The Bertz CT molecular complexity index is 132. The molecule has 0 radical (unpaired) electrons. The van der Waals surface area contributed by atoms with Crippen LogP contribution in [-0.2, 0) is 4.79 Å². The standard InChI is InChI=1S/C4H8IN3OS/c1-7-3(5)10-4(6)8-2-9/h2-3,7H,1H3,(H2,6,8,9). The SMILES string of the molecule is CNC(I)SC(=N)NC=O. The number of amides is 1. The van der Waals surface area contributed by atoms with Crippen molar-refractivity contribution in [1.29, 1.82) is 5.41 Å². The Hall–Kier alpha value is 0.180. The minimum Gasteiger partial charge on any atom is -0.308 e. The van der Waals surface area contributed by atoms with E-state index in [0.29, 0.717) is 6.41 Å². The number of amidine groups is 1. The summed E-state index contributed by atoms with van der Waals surface area (Å²) in [6.45, 7) is 0. The molecule has 1 amide bonds. The highest BCUT2D eigenvalue weighted by atomic mass is 127. The highest BCUT2D eigenvalue weighted by molar-refractivity contribution is 14.1. The van der Waals surface area contributed by atoms with Crippen molar-refractivity contribution in [3.8, 4) is 0 Å². The summed E-state index contributed by atoms with van der Waals surface area (Å²) in [5.41, 5.74) is 0. The largest absolute Gasteiger partial charge is 0.308 e. The van der Waals surface area contributed by atoms with E-state index in [0.717, 1.165) is 0 Å². The van der Waals surface area contributed by atoms with Gasteiger partial charge in [-0.3, -0.25) is 15.5 Å². The topological polar surface area (TPSA) is 65.0 Å². The van der Waals surface area contributed by atoms with Gasteiger partial charge in [0, 0.05) is 0 Å². The first kappa shape index (κ1) is 10.2. The number of rotatable bonds is 3. The van der Waals surface area contributed by atoms with Gasteiger partial charge in [-0.1, -0.05) is 34.4 Å². The van der Waals surface area contributed by atoms with Crippen LogP contribution in [0.3, 0.4) is 0 Å². The molecule has 0 heterocycles. The van der Waals surface area contributed by atoms with Crippen molar-refractivity contribution in [3.05, 3.63) is 0 Å². The van der Waals surface area contributed by atoms with Crippen LogP contribution in [0.4, 0.5) is 0 Å². The molecule has 0 spiro atoms. The van der Waals surface area contributed by atoms with Gasteiger partial charge in [-0.2, -0.15) is 0 Å². The molecule has 0 aromatic carbocycles. The highest BCUT2D eigenvalue weighted by Crippen LogP contribution is 2.13. The van der Waals surface area contributed by atoms with Crippen molar-refractivity contribution in [2.75, 3.05) is 7.05 Å². The first-order valence-electron chi connectivity index (χ1n) is 2.47. The molecule has 0 bridgehead atoms. The third-order valence-corrected chi connectivity index (χ3v) is 2.82. The van der Waals surface area contributed by atoms with Gasteiger partial charge in [0.1, 0.15) is 3.38 Å². The monoisotopic (exact) mass is 273 g/mol. The number of carbonyl (C=O) groups is 1. The predicted octanol–water partition coefficient (Wildman–Crippen LogP) is 0.338. The number of alkyl halides is 1. The molecule has 0 aliphatic carbocycles. The number of halogens is 1. The smallest absolute Gasteiger partial charge is 0.213 e. The quantitative estimate of drug-likeness (QED) is 0.132. The Kier molecular flexibility index (Phi) is 6.03. The molecule has 58 valence electrons. The molecule has 4 nitrogen and oxygen atoms in total. The lowest BCUT2D eigenvalue weighted by molar-refractivity contribution is -0.108. The molecule has 0 aromatic rings. The lowest BCUT2D eigenvalue weighted by atomic mass is 11.1. The second-order valence-corrected chi connectivity index (χ2v) is 4.52. The minimum absolute atomic E-state index is 0.123. The van der Waals surface area contributed by atoms with Gasteiger partial charge in [-0.05, 0) is 7.05 Å². The van der Waals surface area contributed by atoms with E-state index in [-0.39, 0.29) is 8.55 Å². The molecular formula is C4H8IN3OS. The van der Waals surface area contributed by atoms with Crippen LogP contribution in [0.5, 0.6) is 0 Å². The second kappa shape index (κ2) is 5.93. The van der Waals surface area contributed by atoms with E-state index in [1.807, 2.05) is 0 Å². The molecule has 3 N–H and O–H groups in total. The fraction of sp³-hybridized carbons (Fsp3) is 0.500. The van der Waals surface area contributed by atoms with Gasteiger partial charge in [0.2, 0.25) is 6.41 Å². The Balaban J connectivity index is 3.46. The van der Waals surface area contributed by atoms with E-state index in [4.69, 9.17) is 5.41 Å². The van der Waals surface area contributed by atoms with E-state index in [1.54, 1.807) is 7.05 Å². The maximum absolute atomic E-state index is 9.80. The Morgan fingerprint density at radius 3 is 2.90 bits per heavy atom. The zero-order chi connectivity index (χ0) is 7.98. The Labute approximate surface area is 77.2 Å². The summed E-state index contributed by atoms with van der Waals surface area (Å²) >= 11 is 3.36. The van der Waals surface area contributed by atoms with E-state index >= 15 is 0 Å². The lowest BCUT2D eigenvalue weighted by Gasteiger charge is -2.06. The fourth-order valence-corrected chi connectivity index (χ4v) is 1.45. The third-order valence-electron chi connectivity index (χ3n) is 0.638. The summed E-state index contributed by atoms with van der Waals surface area (Å²) in [6, 6.07) is 0. The zero-order valence-corrected chi connectivity index (χ0v) is 8.32. The minimum atomic E-state index is 0.123. The molecular weight excluding hydrogens is 265 g/mol. The molecule has 0 saturated heterocycles. The summed E-state index contributed by atoms with van der Waals surface area (Å²) in [4.78, 5) is 9.80. The first-order valence-corrected chi connectivity index (χ1v) is 4.60. The van der Waals surface area contributed by atoms with Crippen LogP contribution >= 0.6 is 34.4 Å². The van der Waals surface area contributed by atoms with E-state index in [1.165, 1.54) is 11.8 Å². The van der Waals surface area contributed by atoms with Crippen LogP contribution in [0.15, 0.2) is 0 Å². The predicted molar refractivity (Wildman–Crippen MR) is 51.4 cm³/mol. The molecule has 1 atom stereocenters. The van der Waals surface area contributed by atoms with Crippen LogP contribution in [0, 0.1) is 5.41 Å². The third kappa shape index (κ3) is 5.00. The molecule has 6 heteroatoms. The van der Waals surface area contributed by atoms with Crippen LogP contribution in [-0.4, -0.2) is 22.0 Å². The van der Waals surface area contributed by atoms with Crippen molar-refractivity contribution in [1.82, 2.24) is 10.6 Å².